The van der Waals surface area contributed by atoms with Crippen molar-refractivity contribution in [3.8, 4) is 5.75 Å². The third-order valence-corrected chi connectivity index (χ3v) is 2.95. The van der Waals surface area contributed by atoms with E-state index in [-0.39, 0.29) is 12.6 Å². The van der Waals surface area contributed by atoms with E-state index >= 15 is 0 Å². The maximum absolute atomic E-state index is 11.6. The standard InChI is InChI=1S/C14H18N4O3/c1-21-12-4-2-10(3-5-12)13(19)9-16-14(20)15-8-11-6-7-17-18-11/h2-7,13,19H,8-9H2,1H3,(H,17,18)(H2,15,16,20)/t13-/m0/s1. The third kappa shape index (κ3) is 4.50. The Bertz CT molecular complexity index is 554. The summed E-state index contributed by atoms with van der Waals surface area (Å²) >= 11 is 0. The van der Waals surface area contributed by atoms with Crippen molar-refractivity contribution in [3.63, 3.8) is 0 Å². The minimum Gasteiger partial charge on any atom is -0.497 e. The predicted molar refractivity (Wildman–Crippen MR) is 76.8 cm³/mol. The Balaban J connectivity index is 1.74. The maximum atomic E-state index is 11.6. The number of carbonyl (C=O) groups excluding carboxylic acids is 1. The number of hydrogen-bond donors (Lipinski definition) is 4. The molecule has 1 aromatic heterocycles. The molecule has 0 saturated carbocycles. The fraction of sp³-hybridized carbons (Fsp3) is 0.286. The maximum Gasteiger partial charge on any atom is 0.315 e. The molecular formula is C14H18N4O3. The Morgan fingerprint density at radius 2 is 2.10 bits per heavy atom. The van der Waals surface area contributed by atoms with E-state index in [1.54, 1.807) is 43.6 Å². The highest BCUT2D eigenvalue weighted by molar-refractivity contribution is 5.73. The molecule has 0 spiro atoms. The number of hydrogen-bond acceptors (Lipinski definition) is 4. The lowest BCUT2D eigenvalue weighted by Crippen LogP contribution is -2.37. The number of urea groups is 1. The number of nitrogens with zero attached hydrogens (tertiary/aromatic N) is 1. The number of carbonyl (C=O) groups is 1. The van der Waals surface area contributed by atoms with Gasteiger partial charge in [-0.1, -0.05) is 12.1 Å². The first-order valence-electron chi connectivity index (χ1n) is 6.51. The van der Waals surface area contributed by atoms with Gasteiger partial charge >= 0.3 is 6.03 Å². The van der Waals surface area contributed by atoms with Crippen molar-refractivity contribution in [2.24, 2.45) is 0 Å². The van der Waals surface area contributed by atoms with Gasteiger partial charge in [-0.3, -0.25) is 5.10 Å². The summed E-state index contributed by atoms with van der Waals surface area (Å²) < 4.78 is 5.04. The molecule has 21 heavy (non-hydrogen) atoms. The van der Waals surface area contributed by atoms with Crippen LogP contribution in [0.3, 0.4) is 0 Å². The molecule has 2 aromatic rings. The van der Waals surface area contributed by atoms with Gasteiger partial charge in [-0.2, -0.15) is 5.10 Å². The topological polar surface area (TPSA) is 99.3 Å². The first-order chi connectivity index (χ1) is 10.2. The monoisotopic (exact) mass is 290 g/mol. The number of H-pyrrole nitrogens is 1. The van der Waals surface area contributed by atoms with Crippen molar-refractivity contribution in [1.29, 1.82) is 0 Å². The second-order valence-electron chi connectivity index (χ2n) is 4.43. The third-order valence-electron chi connectivity index (χ3n) is 2.95. The largest absolute Gasteiger partial charge is 0.497 e. The van der Waals surface area contributed by atoms with Gasteiger partial charge in [0.05, 0.1) is 25.5 Å². The van der Waals surface area contributed by atoms with Gasteiger partial charge in [-0.05, 0) is 23.8 Å². The van der Waals surface area contributed by atoms with Gasteiger partial charge in [0.2, 0.25) is 0 Å². The van der Waals surface area contributed by atoms with Gasteiger partial charge in [0.1, 0.15) is 5.75 Å². The van der Waals surface area contributed by atoms with E-state index in [9.17, 15) is 9.90 Å². The van der Waals surface area contributed by atoms with Gasteiger partial charge in [-0.15, -0.1) is 0 Å². The highest BCUT2D eigenvalue weighted by Crippen LogP contribution is 2.16. The molecule has 0 aliphatic rings. The summed E-state index contributed by atoms with van der Waals surface area (Å²) in [6, 6.07) is 8.46. The van der Waals surface area contributed by atoms with Crippen molar-refractivity contribution < 1.29 is 14.6 Å². The number of aliphatic hydroxyl groups is 1. The zero-order valence-electron chi connectivity index (χ0n) is 11.7. The van der Waals surface area contributed by atoms with Gasteiger partial charge in [0.15, 0.2) is 0 Å². The quantitative estimate of drug-likeness (QED) is 0.636. The molecule has 0 saturated heterocycles. The van der Waals surface area contributed by atoms with E-state index in [0.29, 0.717) is 12.1 Å². The van der Waals surface area contributed by atoms with Crippen LogP contribution in [0, 0.1) is 0 Å². The minimum absolute atomic E-state index is 0.126. The summed E-state index contributed by atoms with van der Waals surface area (Å²) in [5.74, 6) is 0.719. The Morgan fingerprint density at radius 3 is 2.71 bits per heavy atom. The van der Waals surface area contributed by atoms with Crippen LogP contribution in [0.25, 0.3) is 0 Å². The summed E-state index contributed by atoms with van der Waals surface area (Å²) in [5.41, 5.74) is 1.52. The van der Waals surface area contributed by atoms with Crippen LogP contribution in [0.4, 0.5) is 4.79 Å². The predicted octanol–water partition coefficient (Wildman–Crippen LogP) is 0.951. The Hall–Kier alpha value is -2.54. The van der Waals surface area contributed by atoms with Gasteiger partial charge in [-0.25, -0.2) is 4.79 Å². The molecule has 0 fully saturated rings. The van der Waals surface area contributed by atoms with E-state index < -0.39 is 6.10 Å². The summed E-state index contributed by atoms with van der Waals surface area (Å²) in [4.78, 5) is 11.6. The molecule has 7 nitrogen and oxygen atoms in total. The van der Waals surface area contributed by atoms with Crippen molar-refractivity contribution >= 4 is 6.03 Å². The first kappa shape index (κ1) is 14.9. The average molecular weight is 290 g/mol. The van der Waals surface area contributed by atoms with Crippen LogP contribution in [0.1, 0.15) is 17.4 Å². The summed E-state index contributed by atoms with van der Waals surface area (Å²) in [5, 5.41) is 21.8. The van der Waals surface area contributed by atoms with E-state index in [1.165, 1.54) is 0 Å². The number of nitrogens with one attached hydrogen (secondary N) is 3. The van der Waals surface area contributed by atoms with Crippen LogP contribution in [0.2, 0.25) is 0 Å². The summed E-state index contributed by atoms with van der Waals surface area (Å²) in [6.45, 7) is 0.478. The summed E-state index contributed by atoms with van der Waals surface area (Å²) in [7, 11) is 1.58. The van der Waals surface area contributed by atoms with E-state index in [4.69, 9.17) is 4.74 Å². The molecule has 7 heteroatoms. The van der Waals surface area contributed by atoms with Crippen LogP contribution < -0.4 is 15.4 Å². The number of benzene rings is 1. The molecule has 1 atom stereocenters. The van der Waals surface area contributed by atoms with Crippen LogP contribution in [0.15, 0.2) is 36.5 Å². The van der Waals surface area contributed by atoms with Gasteiger partial charge in [0.25, 0.3) is 0 Å². The number of ether oxygens (including phenoxy) is 1. The van der Waals surface area contributed by atoms with Crippen molar-refractivity contribution in [2.45, 2.75) is 12.6 Å². The van der Waals surface area contributed by atoms with Gasteiger partial charge < -0.3 is 20.5 Å². The van der Waals surface area contributed by atoms with Crippen LogP contribution in [-0.4, -0.2) is 35.0 Å². The number of methoxy groups -OCH3 is 1. The van der Waals surface area contributed by atoms with Crippen molar-refractivity contribution in [1.82, 2.24) is 20.8 Å². The molecule has 1 heterocycles. The SMILES string of the molecule is COc1ccc([C@@H](O)CNC(=O)NCc2ccn[nH]2)cc1. The fourth-order valence-corrected chi connectivity index (χ4v) is 1.75. The molecule has 0 bridgehead atoms. The average Bonchev–Trinajstić information content (AvgIpc) is 3.04. The number of amides is 2. The number of aliphatic hydroxyl groups excluding tert-OH is 1. The first-order valence-corrected chi connectivity index (χ1v) is 6.51. The lowest BCUT2D eigenvalue weighted by Gasteiger charge is -2.13. The van der Waals surface area contributed by atoms with Crippen molar-refractivity contribution in [2.75, 3.05) is 13.7 Å². The molecule has 2 rings (SSSR count). The van der Waals surface area contributed by atoms with Crippen LogP contribution in [-0.2, 0) is 6.54 Å². The summed E-state index contributed by atoms with van der Waals surface area (Å²) in [6.07, 6.45) is 0.844. The van der Waals surface area contributed by atoms with Crippen molar-refractivity contribution in [3.05, 3.63) is 47.8 Å². The second-order valence-corrected chi connectivity index (χ2v) is 4.43. The molecule has 0 radical (unpaired) electrons. The molecule has 1 aromatic carbocycles. The highest BCUT2D eigenvalue weighted by atomic mass is 16.5. The molecule has 0 aliphatic carbocycles. The second kappa shape index (κ2) is 7.30. The highest BCUT2D eigenvalue weighted by Gasteiger charge is 2.09. The number of aromatic amines is 1. The number of rotatable bonds is 6. The molecule has 0 unspecified atom stereocenters. The van der Waals surface area contributed by atoms with Crippen LogP contribution >= 0.6 is 0 Å². The van der Waals surface area contributed by atoms with E-state index in [2.05, 4.69) is 20.8 Å². The molecule has 4 N–H and O–H groups in total. The fourth-order valence-electron chi connectivity index (χ4n) is 1.75. The molecule has 0 aliphatic heterocycles. The normalized spacial score (nSPS) is 11.7. The number of aromatic nitrogens is 2. The zero-order valence-corrected chi connectivity index (χ0v) is 11.7. The molecule has 2 amide bonds. The minimum atomic E-state index is -0.770. The lowest BCUT2D eigenvalue weighted by molar-refractivity contribution is 0.173. The smallest absolute Gasteiger partial charge is 0.315 e. The Kier molecular flexibility index (Phi) is 5.16. The Labute approximate surface area is 122 Å². The van der Waals surface area contributed by atoms with E-state index in [1.807, 2.05) is 0 Å². The molecule has 112 valence electrons. The van der Waals surface area contributed by atoms with Crippen LogP contribution in [0.5, 0.6) is 5.75 Å². The van der Waals surface area contributed by atoms with E-state index in [0.717, 1.165) is 11.4 Å². The molecular weight excluding hydrogens is 272 g/mol. The lowest BCUT2D eigenvalue weighted by atomic mass is 10.1. The Morgan fingerprint density at radius 1 is 1.33 bits per heavy atom. The zero-order chi connectivity index (χ0) is 15.1. The van der Waals surface area contributed by atoms with Gasteiger partial charge in [0, 0.05) is 12.7 Å².